The minimum absolute atomic E-state index is 0.146. The van der Waals surface area contributed by atoms with E-state index in [1.807, 2.05) is 33.8 Å². The maximum atomic E-state index is 11.4. The van der Waals surface area contributed by atoms with E-state index in [0.717, 1.165) is 0 Å². The molecule has 6 heteroatoms. The number of nitriles is 1. The monoisotopic (exact) mass is 235 g/mol. The minimum Gasteiger partial charge on any atom is -0.301 e. The quantitative estimate of drug-likeness (QED) is 0.751. The van der Waals surface area contributed by atoms with Crippen molar-refractivity contribution in [3.63, 3.8) is 0 Å². The van der Waals surface area contributed by atoms with Gasteiger partial charge in [-0.1, -0.05) is 27.7 Å². The molecule has 0 bridgehead atoms. The first kappa shape index (κ1) is 14.8. The van der Waals surface area contributed by atoms with Crippen molar-refractivity contribution in [2.75, 3.05) is 0 Å². The van der Waals surface area contributed by atoms with Crippen LogP contribution < -0.4 is 5.56 Å². The summed E-state index contributed by atoms with van der Waals surface area (Å²) >= 11 is 0. The molecule has 2 aromatic rings. The summed E-state index contributed by atoms with van der Waals surface area (Å²) in [7, 11) is 1.58. The lowest BCUT2D eigenvalue weighted by molar-refractivity contribution is 0.839. The third-order valence-electron chi connectivity index (χ3n) is 1.74. The van der Waals surface area contributed by atoms with Crippen LogP contribution in [0.5, 0.6) is 0 Å². The molecule has 0 saturated carbocycles. The van der Waals surface area contributed by atoms with Gasteiger partial charge in [0.1, 0.15) is 11.6 Å². The van der Waals surface area contributed by atoms with Crippen LogP contribution in [0.4, 0.5) is 0 Å². The van der Waals surface area contributed by atoms with Gasteiger partial charge in [0.15, 0.2) is 11.2 Å². The van der Waals surface area contributed by atoms with Crippen molar-refractivity contribution in [1.82, 2.24) is 19.7 Å². The molecule has 0 aliphatic carbocycles. The maximum Gasteiger partial charge on any atom is 0.279 e. The number of H-pyrrole nitrogens is 1. The Hall–Kier alpha value is -2.16. The third-order valence-corrected chi connectivity index (χ3v) is 1.74. The lowest BCUT2D eigenvalue weighted by atomic mass is 10.3. The zero-order valence-electron chi connectivity index (χ0n) is 10.8. The van der Waals surface area contributed by atoms with Gasteiger partial charge in [0, 0.05) is 7.05 Å². The van der Waals surface area contributed by atoms with Gasteiger partial charge >= 0.3 is 0 Å². The van der Waals surface area contributed by atoms with Gasteiger partial charge in [-0.25, -0.2) is 4.98 Å². The summed E-state index contributed by atoms with van der Waals surface area (Å²) < 4.78 is 1.32. The molecule has 0 aromatic carbocycles. The van der Waals surface area contributed by atoms with Gasteiger partial charge in [0.25, 0.3) is 5.56 Å². The highest BCUT2D eigenvalue weighted by Crippen LogP contribution is 2.05. The van der Waals surface area contributed by atoms with Gasteiger partial charge in [0.05, 0.1) is 6.33 Å². The summed E-state index contributed by atoms with van der Waals surface area (Å²) in [5.41, 5.74) is 0.499. The van der Waals surface area contributed by atoms with Gasteiger partial charge in [-0.2, -0.15) is 10.4 Å². The van der Waals surface area contributed by atoms with Crippen molar-refractivity contribution in [3.05, 3.63) is 22.4 Å². The largest absolute Gasteiger partial charge is 0.301 e. The first-order chi connectivity index (χ1) is 8.24. The average molecular weight is 235 g/mol. The second-order valence-electron chi connectivity index (χ2n) is 2.57. The van der Waals surface area contributed by atoms with Gasteiger partial charge < -0.3 is 4.57 Å². The molecule has 0 atom stereocenters. The van der Waals surface area contributed by atoms with Crippen LogP contribution in [0.2, 0.25) is 0 Å². The Morgan fingerprint density at radius 1 is 1.35 bits per heavy atom. The van der Waals surface area contributed by atoms with Crippen molar-refractivity contribution in [3.8, 4) is 6.07 Å². The van der Waals surface area contributed by atoms with E-state index in [-0.39, 0.29) is 16.8 Å². The Morgan fingerprint density at radius 2 is 1.94 bits per heavy atom. The molecule has 0 fully saturated rings. The van der Waals surface area contributed by atoms with E-state index in [4.69, 9.17) is 5.26 Å². The van der Waals surface area contributed by atoms with Crippen LogP contribution in [-0.2, 0) is 7.05 Å². The van der Waals surface area contributed by atoms with Crippen LogP contribution in [0.1, 0.15) is 33.4 Å². The minimum atomic E-state index is -0.237. The number of rotatable bonds is 0. The molecule has 17 heavy (non-hydrogen) atoms. The van der Waals surface area contributed by atoms with Gasteiger partial charge in [-0.3, -0.25) is 9.89 Å². The lowest BCUT2D eigenvalue weighted by Crippen LogP contribution is -2.16. The van der Waals surface area contributed by atoms with E-state index < -0.39 is 0 Å². The molecule has 2 heterocycles. The maximum absolute atomic E-state index is 11.4. The fourth-order valence-corrected chi connectivity index (χ4v) is 1.06. The zero-order valence-corrected chi connectivity index (χ0v) is 10.8. The highest BCUT2D eigenvalue weighted by atomic mass is 16.1. The normalized spacial score (nSPS) is 8.47. The SMILES string of the molecule is CC.CC.Cn1cnc2c(C#N)n[nH]c2c1=O. The number of aromatic amines is 1. The fourth-order valence-electron chi connectivity index (χ4n) is 1.06. The van der Waals surface area contributed by atoms with E-state index >= 15 is 0 Å². The van der Waals surface area contributed by atoms with E-state index in [1.54, 1.807) is 7.05 Å². The number of nitrogens with one attached hydrogen (secondary N) is 1. The molecule has 0 spiro atoms. The molecule has 0 saturated heterocycles. The van der Waals surface area contributed by atoms with Crippen LogP contribution in [0.25, 0.3) is 11.0 Å². The Balaban J connectivity index is 0.000000581. The van der Waals surface area contributed by atoms with Gasteiger partial charge in [-0.15, -0.1) is 0 Å². The molecule has 0 unspecified atom stereocenters. The molecule has 0 aliphatic rings. The van der Waals surface area contributed by atoms with Crippen molar-refractivity contribution in [1.29, 1.82) is 5.26 Å². The molecule has 1 N–H and O–H groups in total. The molecule has 2 aromatic heterocycles. The molecule has 0 aliphatic heterocycles. The number of hydrogen-bond acceptors (Lipinski definition) is 4. The standard InChI is InChI=1S/C7H5N5O.2C2H6/c1-12-3-9-5-4(2-8)10-11-6(5)7(12)13;2*1-2/h3H,1H3,(H,10,11);2*1-2H3. The number of aromatic nitrogens is 4. The second kappa shape index (κ2) is 7.17. The van der Waals surface area contributed by atoms with Crippen molar-refractivity contribution in [2.24, 2.45) is 7.05 Å². The van der Waals surface area contributed by atoms with Crippen molar-refractivity contribution < 1.29 is 0 Å². The molecular formula is C11H17N5O. The molecule has 2 rings (SSSR count). The van der Waals surface area contributed by atoms with Crippen LogP contribution in [0.3, 0.4) is 0 Å². The molecule has 0 amide bonds. The highest BCUT2D eigenvalue weighted by molar-refractivity contribution is 5.77. The van der Waals surface area contributed by atoms with Crippen molar-refractivity contribution >= 4 is 11.0 Å². The Labute approximate surface area is 99.9 Å². The zero-order chi connectivity index (χ0) is 13.4. The summed E-state index contributed by atoms with van der Waals surface area (Å²) in [6.07, 6.45) is 1.36. The highest BCUT2D eigenvalue weighted by Gasteiger charge is 2.09. The Bertz CT molecular complexity index is 561. The third kappa shape index (κ3) is 2.91. The Kier molecular flexibility index (Phi) is 6.26. The van der Waals surface area contributed by atoms with Crippen LogP contribution in [0.15, 0.2) is 11.1 Å². The number of nitrogens with zero attached hydrogens (tertiary/aromatic N) is 4. The van der Waals surface area contributed by atoms with Gasteiger partial charge in [-0.05, 0) is 0 Å². The summed E-state index contributed by atoms with van der Waals surface area (Å²) in [6, 6.07) is 1.84. The molecule has 0 radical (unpaired) electrons. The number of aryl methyl sites for hydroxylation is 1. The molecule has 6 nitrogen and oxygen atoms in total. The first-order valence-corrected chi connectivity index (χ1v) is 5.54. The predicted molar refractivity (Wildman–Crippen MR) is 66.5 cm³/mol. The first-order valence-electron chi connectivity index (χ1n) is 5.54. The van der Waals surface area contributed by atoms with Crippen molar-refractivity contribution in [2.45, 2.75) is 27.7 Å². The molecule has 92 valence electrons. The Morgan fingerprint density at radius 3 is 2.47 bits per heavy atom. The van der Waals surface area contributed by atoms with E-state index in [2.05, 4.69) is 15.2 Å². The topological polar surface area (TPSA) is 87.4 Å². The lowest BCUT2D eigenvalue weighted by Gasteiger charge is -1.93. The van der Waals surface area contributed by atoms with Crippen LogP contribution in [0, 0.1) is 11.3 Å². The van der Waals surface area contributed by atoms with E-state index in [0.29, 0.717) is 5.52 Å². The summed E-state index contributed by atoms with van der Waals surface area (Å²) in [5.74, 6) is 0. The summed E-state index contributed by atoms with van der Waals surface area (Å²) in [5, 5.41) is 14.7. The smallest absolute Gasteiger partial charge is 0.279 e. The second-order valence-corrected chi connectivity index (χ2v) is 2.57. The number of hydrogen-bond donors (Lipinski definition) is 1. The van der Waals surface area contributed by atoms with Gasteiger partial charge in [0.2, 0.25) is 0 Å². The predicted octanol–water partition coefficient (Wildman–Crippen LogP) is 1.58. The van der Waals surface area contributed by atoms with Crippen LogP contribution >= 0.6 is 0 Å². The van der Waals surface area contributed by atoms with Crippen LogP contribution in [-0.4, -0.2) is 19.7 Å². The van der Waals surface area contributed by atoms with E-state index in [9.17, 15) is 4.79 Å². The fraction of sp³-hybridized carbons (Fsp3) is 0.455. The summed E-state index contributed by atoms with van der Waals surface area (Å²) in [4.78, 5) is 15.3. The average Bonchev–Trinajstić information content (AvgIpc) is 2.82. The molecular weight excluding hydrogens is 218 g/mol. The number of fused-ring (bicyclic) bond motifs is 1. The van der Waals surface area contributed by atoms with E-state index in [1.165, 1.54) is 10.9 Å². The summed E-state index contributed by atoms with van der Waals surface area (Å²) in [6.45, 7) is 8.00.